The fourth-order valence-electron chi connectivity index (χ4n) is 1.88. The first-order valence-electron chi connectivity index (χ1n) is 6.95. The lowest BCUT2D eigenvalue weighted by Crippen LogP contribution is -2.27. The molecule has 0 saturated carbocycles. The molecular formula is C16H24O3. The Balaban J connectivity index is 2.88. The van der Waals surface area contributed by atoms with Gasteiger partial charge in [0.05, 0.1) is 0 Å². The Morgan fingerprint density at radius 1 is 1.37 bits per heavy atom. The molecule has 106 valence electrons. The summed E-state index contributed by atoms with van der Waals surface area (Å²) < 4.78 is 5.70. The number of benzene rings is 1. The van der Waals surface area contributed by atoms with Gasteiger partial charge in [-0.1, -0.05) is 39.3 Å². The molecule has 0 fully saturated rings. The standard InChI is InChI=1S/C16H24O3/c1-5-6-7-14(16(17)18)19-15-10-13(11(2)3)9-8-12(15)4/h8-11,14H,5-7H2,1-4H3,(H,17,18). The summed E-state index contributed by atoms with van der Waals surface area (Å²) in [6.45, 7) is 8.21. The molecular weight excluding hydrogens is 240 g/mol. The van der Waals surface area contributed by atoms with Crippen molar-refractivity contribution in [2.45, 2.75) is 59.0 Å². The maximum atomic E-state index is 11.2. The minimum absolute atomic E-state index is 0.405. The number of carbonyl (C=O) groups is 1. The average molecular weight is 264 g/mol. The maximum Gasteiger partial charge on any atom is 0.344 e. The number of hydrogen-bond donors (Lipinski definition) is 1. The van der Waals surface area contributed by atoms with E-state index in [1.165, 1.54) is 5.56 Å². The van der Waals surface area contributed by atoms with E-state index in [0.29, 0.717) is 18.1 Å². The molecule has 1 N–H and O–H groups in total. The molecule has 19 heavy (non-hydrogen) atoms. The van der Waals surface area contributed by atoms with E-state index in [9.17, 15) is 9.90 Å². The van der Waals surface area contributed by atoms with Crippen molar-refractivity contribution >= 4 is 5.97 Å². The molecule has 1 unspecified atom stereocenters. The van der Waals surface area contributed by atoms with Crippen molar-refractivity contribution in [2.24, 2.45) is 0 Å². The van der Waals surface area contributed by atoms with Crippen LogP contribution in [0.4, 0.5) is 0 Å². The van der Waals surface area contributed by atoms with Crippen molar-refractivity contribution < 1.29 is 14.6 Å². The molecule has 1 aromatic rings. The maximum absolute atomic E-state index is 11.2. The van der Waals surface area contributed by atoms with Gasteiger partial charge in [-0.05, 0) is 42.9 Å². The van der Waals surface area contributed by atoms with Crippen molar-refractivity contribution in [3.8, 4) is 5.75 Å². The SMILES string of the molecule is CCCCC(Oc1cc(C(C)C)ccc1C)C(=O)O. The van der Waals surface area contributed by atoms with E-state index >= 15 is 0 Å². The van der Waals surface area contributed by atoms with Gasteiger partial charge in [0.1, 0.15) is 5.75 Å². The number of unbranched alkanes of at least 4 members (excludes halogenated alkanes) is 1. The van der Waals surface area contributed by atoms with E-state index in [1.54, 1.807) is 0 Å². The molecule has 0 heterocycles. The molecule has 0 aromatic heterocycles. The van der Waals surface area contributed by atoms with Crippen molar-refractivity contribution in [3.05, 3.63) is 29.3 Å². The molecule has 0 saturated heterocycles. The highest BCUT2D eigenvalue weighted by Gasteiger charge is 2.19. The third-order valence-corrected chi connectivity index (χ3v) is 3.24. The number of aliphatic carboxylic acids is 1. The zero-order valence-electron chi connectivity index (χ0n) is 12.3. The van der Waals surface area contributed by atoms with Crippen molar-refractivity contribution in [2.75, 3.05) is 0 Å². The van der Waals surface area contributed by atoms with Crippen LogP contribution in [-0.4, -0.2) is 17.2 Å². The zero-order valence-corrected chi connectivity index (χ0v) is 12.3. The minimum Gasteiger partial charge on any atom is -0.479 e. The number of rotatable bonds is 7. The lowest BCUT2D eigenvalue weighted by Gasteiger charge is -2.18. The second-order valence-electron chi connectivity index (χ2n) is 5.27. The summed E-state index contributed by atoms with van der Waals surface area (Å²) in [5.74, 6) is 0.208. The third kappa shape index (κ3) is 4.58. The lowest BCUT2D eigenvalue weighted by molar-refractivity contribution is -0.145. The summed E-state index contributed by atoms with van der Waals surface area (Å²) in [5, 5.41) is 9.21. The largest absolute Gasteiger partial charge is 0.479 e. The first kappa shape index (κ1) is 15.5. The molecule has 0 bridgehead atoms. The number of carboxylic acid groups (broad SMARTS) is 1. The Kier molecular flexibility index (Phi) is 5.87. The van der Waals surface area contributed by atoms with Gasteiger partial charge < -0.3 is 9.84 Å². The van der Waals surface area contributed by atoms with Crippen LogP contribution in [0.2, 0.25) is 0 Å². The summed E-state index contributed by atoms with van der Waals surface area (Å²) in [6.07, 6.45) is 1.64. The van der Waals surface area contributed by atoms with Crippen LogP contribution in [0.1, 0.15) is 57.1 Å². The van der Waals surface area contributed by atoms with Gasteiger partial charge in [-0.15, -0.1) is 0 Å². The van der Waals surface area contributed by atoms with E-state index in [1.807, 2.05) is 26.0 Å². The monoisotopic (exact) mass is 264 g/mol. The molecule has 3 nitrogen and oxygen atoms in total. The van der Waals surface area contributed by atoms with Crippen LogP contribution in [0.3, 0.4) is 0 Å². The van der Waals surface area contributed by atoms with E-state index in [0.717, 1.165) is 18.4 Å². The molecule has 1 atom stereocenters. The van der Waals surface area contributed by atoms with E-state index < -0.39 is 12.1 Å². The molecule has 0 aliphatic carbocycles. The molecule has 0 spiro atoms. The third-order valence-electron chi connectivity index (χ3n) is 3.24. The van der Waals surface area contributed by atoms with Crippen molar-refractivity contribution in [1.29, 1.82) is 0 Å². The molecule has 0 aliphatic heterocycles. The molecule has 0 aliphatic rings. The number of carboxylic acids is 1. The van der Waals surface area contributed by atoms with E-state index in [4.69, 9.17) is 4.74 Å². The Hall–Kier alpha value is -1.51. The van der Waals surface area contributed by atoms with Crippen LogP contribution >= 0.6 is 0 Å². The second-order valence-corrected chi connectivity index (χ2v) is 5.27. The van der Waals surface area contributed by atoms with Gasteiger partial charge in [0.25, 0.3) is 0 Å². The van der Waals surface area contributed by atoms with Crippen LogP contribution in [0, 0.1) is 6.92 Å². The summed E-state index contributed by atoms with van der Waals surface area (Å²) >= 11 is 0. The zero-order chi connectivity index (χ0) is 14.4. The fourth-order valence-corrected chi connectivity index (χ4v) is 1.88. The first-order valence-corrected chi connectivity index (χ1v) is 6.95. The van der Waals surface area contributed by atoms with Crippen molar-refractivity contribution in [1.82, 2.24) is 0 Å². The van der Waals surface area contributed by atoms with Crippen molar-refractivity contribution in [3.63, 3.8) is 0 Å². The number of ether oxygens (including phenoxy) is 1. The molecule has 0 amide bonds. The Morgan fingerprint density at radius 2 is 2.05 bits per heavy atom. The van der Waals surface area contributed by atoms with Crippen LogP contribution in [0.15, 0.2) is 18.2 Å². The van der Waals surface area contributed by atoms with Crippen LogP contribution in [0.5, 0.6) is 5.75 Å². The summed E-state index contributed by atoms with van der Waals surface area (Å²) in [7, 11) is 0. The van der Waals surface area contributed by atoms with Crippen LogP contribution < -0.4 is 4.74 Å². The quantitative estimate of drug-likeness (QED) is 0.805. The Morgan fingerprint density at radius 3 is 2.58 bits per heavy atom. The minimum atomic E-state index is -0.886. The number of hydrogen-bond acceptors (Lipinski definition) is 2. The summed E-state index contributed by atoms with van der Waals surface area (Å²) in [6, 6.07) is 6.01. The van der Waals surface area contributed by atoms with Gasteiger partial charge in [0.2, 0.25) is 0 Å². The van der Waals surface area contributed by atoms with E-state index in [2.05, 4.69) is 19.9 Å². The summed E-state index contributed by atoms with van der Waals surface area (Å²) in [4.78, 5) is 11.2. The smallest absolute Gasteiger partial charge is 0.344 e. The first-order chi connectivity index (χ1) is 8.95. The Labute approximate surface area is 115 Å². The van der Waals surface area contributed by atoms with E-state index in [-0.39, 0.29) is 0 Å². The topological polar surface area (TPSA) is 46.5 Å². The van der Waals surface area contributed by atoms with Gasteiger partial charge in [-0.25, -0.2) is 4.79 Å². The predicted octanol–water partition coefficient (Wildman–Crippen LogP) is 4.14. The molecule has 0 radical (unpaired) electrons. The molecule has 3 heteroatoms. The highest BCUT2D eigenvalue weighted by Crippen LogP contribution is 2.26. The number of aryl methyl sites for hydroxylation is 1. The average Bonchev–Trinajstić information content (AvgIpc) is 2.35. The normalized spacial score (nSPS) is 12.5. The van der Waals surface area contributed by atoms with Gasteiger partial charge in [-0.3, -0.25) is 0 Å². The molecule has 1 aromatic carbocycles. The Bertz CT molecular complexity index is 424. The molecule has 1 rings (SSSR count). The summed E-state index contributed by atoms with van der Waals surface area (Å²) in [5.41, 5.74) is 2.15. The second kappa shape index (κ2) is 7.17. The van der Waals surface area contributed by atoms with Gasteiger partial charge in [-0.2, -0.15) is 0 Å². The van der Waals surface area contributed by atoms with Crippen LogP contribution in [0.25, 0.3) is 0 Å². The van der Waals surface area contributed by atoms with Gasteiger partial charge >= 0.3 is 5.97 Å². The van der Waals surface area contributed by atoms with Gasteiger partial charge in [0.15, 0.2) is 6.10 Å². The lowest BCUT2D eigenvalue weighted by atomic mass is 10.0. The predicted molar refractivity (Wildman–Crippen MR) is 76.8 cm³/mol. The van der Waals surface area contributed by atoms with Gasteiger partial charge in [0, 0.05) is 0 Å². The van der Waals surface area contributed by atoms with Crippen LogP contribution in [-0.2, 0) is 4.79 Å². The highest BCUT2D eigenvalue weighted by atomic mass is 16.5. The fraction of sp³-hybridized carbons (Fsp3) is 0.562. The highest BCUT2D eigenvalue weighted by molar-refractivity contribution is 5.72.